The Labute approximate surface area is 78.6 Å². The fourth-order valence-electron chi connectivity index (χ4n) is 0.948. The molecule has 0 atom stereocenters. The van der Waals surface area contributed by atoms with E-state index in [4.69, 9.17) is 4.74 Å². The van der Waals surface area contributed by atoms with Crippen LogP contribution in [0, 0.1) is 0 Å². The zero-order valence-electron chi connectivity index (χ0n) is 6.77. The number of thioether (sulfide) groups is 1. The van der Waals surface area contributed by atoms with Crippen LogP contribution in [0.1, 0.15) is 0 Å². The van der Waals surface area contributed by atoms with E-state index >= 15 is 0 Å². The zero-order chi connectivity index (χ0) is 9.10. The van der Waals surface area contributed by atoms with Gasteiger partial charge in [0, 0.05) is 0 Å². The number of hydrogen-bond acceptors (Lipinski definition) is 5. The highest BCUT2D eigenvalue weighted by Gasteiger charge is 2.21. The van der Waals surface area contributed by atoms with Crippen LogP contribution < -0.4 is 0 Å². The lowest BCUT2D eigenvalue weighted by atomic mass is 10.7. The van der Waals surface area contributed by atoms with Gasteiger partial charge in [-0.05, 0) is 0 Å². The summed E-state index contributed by atoms with van der Waals surface area (Å²) in [5, 5.41) is 10.8. The Morgan fingerprint density at radius 3 is 3.31 bits per heavy atom. The molecule has 0 aromatic carbocycles. The molecule has 0 spiro atoms. The Morgan fingerprint density at radius 1 is 1.77 bits per heavy atom. The molecular formula is C6H8N4O2S. The van der Waals surface area contributed by atoms with Crippen LogP contribution in [0.5, 0.6) is 0 Å². The highest BCUT2D eigenvalue weighted by atomic mass is 32.2. The molecule has 1 aromatic rings. The Balaban J connectivity index is 1.82. The van der Waals surface area contributed by atoms with Crippen LogP contribution in [0.4, 0.5) is 4.79 Å². The van der Waals surface area contributed by atoms with Crippen molar-refractivity contribution in [2.75, 3.05) is 19.0 Å². The van der Waals surface area contributed by atoms with E-state index in [0.29, 0.717) is 19.0 Å². The molecule has 1 aliphatic rings. The summed E-state index contributed by atoms with van der Waals surface area (Å²) in [4.78, 5) is 12.6. The average Bonchev–Trinajstić information content (AvgIpc) is 2.72. The predicted molar refractivity (Wildman–Crippen MR) is 45.2 cm³/mol. The van der Waals surface area contributed by atoms with E-state index in [0.717, 1.165) is 5.03 Å². The number of cyclic esters (lactones) is 1. The van der Waals surface area contributed by atoms with Gasteiger partial charge < -0.3 is 4.74 Å². The van der Waals surface area contributed by atoms with Gasteiger partial charge in [0.2, 0.25) is 0 Å². The quantitative estimate of drug-likeness (QED) is 0.711. The maximum atomic E-state index is 11.0. The fraction of sp³-hybridized carbons (Fsp3) is 0.500. The second kappa shape index (κ2) is 3.65. The number of carbonyl (C=O) groups is 1. The van der Waals surface area contributed by atoms with Crippen molar-refractivity contribution >= 4 is 17.9 Å². The lowest BCUT2D eigenvalue weighted by Crippen LogP contribution is -2.23. The van der Waals surface area contributed by atoms with Crippen molar-refractivity contribution < 1.29 is 9.53 Å². The summed E-state index contributed by atoms with van der Waals surface area (Å²) in [6, 6.07) is 0. The molecule has 7 heteroatoms. The first-order valence-electron chi connectivity index (χ1n) is 3.76. The summed E-state index contributed by atoms with van der Waals surface area (Å²) < 4.78 is 4.77. The maximum Gasteiger partial charge on any atom is 0.410 e. The minimum absolute atomic E-state index is 0.254. The highest BCUT2D eigenvalue weighted by molar-refractivity contribution is 7.99. The average molecular weight is 200 g/mol. The van der Waals surface area contributed by atoms with Crippen molar-refractivity contribution in [3.05, 3.63) is 6.20 Å². The van der Waals surface area contributed by atoms with Gasteiger partial charge in [0.1, 0.15) is 11.6 Å². The second-order valence-corrected chi connectivity index (χ2v) is 3.42. The van der Waals surface area contributed by atoms with Crippen molar-refractivity contribution in [1.82, 2.24) is 20.3 Å². The molecule has 2 rings (SSSR count). The summed E-state index contributed by atoms with van der Waals surface area (Å²) in [6.45, 7) is 1.14. The number of hydrogen-bond donors (Lipinski definition) is 1. The molecule has 1 fully saturated rings. The van der Waals surface area contributed by atoms with Gasteiger partial charge in [0.25, 0.3) is 0 Å². The summed E-state index contributed by atoms with van der Waals surface area (Å²) in [7, 11) is 0. The van der Waals surface area contributed by atoms with Crippen molar-refractivity contribution in [3.8, 4) is 0 Å². The lowest BCUT2D eigenvalue weighted by molar-refractivity contribution is 0.162. The van der Waals surface area contributed by atoms with Crippen molar-refractivity contribution in [2.24, 2.45) is 0 Å². The van der Waals surface area contributed by atoms with Gasteiger partial charge in [-0.25, -0.2) is 4.79 Å². The monoisotopic (exact) mass is 200 g/mol. The third-order valence-corrected chi connectivity index (χ3v) is 2.54. The standard InChI is InChI=1S/C6H8N4O2S/c11-6-10(1-2-12-6)4-13-5-3-7-9-8-5/h3H,1-2,4H2,(H,7,8,9). The van der Waals surface area contributed by atoms with Crippen molar-refractivity contribution in [1.29, 1.82) is 0 Å². The number of rotatable bonds is 3. The topological polar surface area (TPSA) is 71.1 Å². The minimum Gasteiger partial charge on any atom is -0.448 e. The fourth-order valence-corrected chi connectivity index (χ4v) is 1.70. The van der Waals surface area contributed by atoms with Gasteiger partial charge >= 0.3 is 6.09 Å². The molecule has 1 amide bonds. The minimum atomic E-state index is -0.254. The number of ether oxygens (including phenoxy) is 1. The van der Waals surface area contributed by atoms with E-state index in [1.807, 2.05) is 0 Å². The normalized spacial score (nSPS) is 16.3. The van der Waals surface area contributed by atoms with Gasteiger partial charge in [0.15, 0.2) is 0 Å². The Morgan fingerprint density at radius 2 is 2.69 bits per heavy atom. The van der Waals surface area contributed by atoms with Gasteiger partial charge in [-0.1, -0.05) is 11.8 Å². The first kappa shape index (κ1) is 8.36. The van der Waals surface area contributed by atoms with E-state index < -0.39 is 0 Å². The van der Waals surface area contributed by atoms with E-state index in [-0.39, 0.29) is 6.09 Å². The molecule has 0 bridgehead atoms. The van der Waals surface area contributed by atoms with Crippen molar-refractivity contribution in [2.45, 2.75) is 5.03 Å². The summed E-state index contributed by atoms with van der Waals surface area (Å²) in [6.07, 6.45) is 1.36. The molecule has 1 saturated heterocycles. The smallest absolute Gasteiger partial charge is 0.410 e. The molecule has 0 unspecified atom stereocenters. The molecule has 1 aromatic heterocycles. The number of carbonyl (C=O) groups excluding carboxylic acids is 1. The van der Waals surface area contributed by atoms with E-state index in [2.05, 4.69) is 15.4 Å². The van der Waals surface area contributed by atoms with Crippen LogP contribution in [0.3, 0.4) is 0 Å². The number of H-pyrrole nitrogens is 1. The highest BCUT2D eigenvalue weighted by Crippen LogP contribution is 2.16. The number of nitrogens with zero attached hydrogens (tertiary/aromatic N) is 3. The van der Waals surface area contributed by atoms with Gasteiger partial charge in [0.05, 0.1) is 18.6 Å². The third kappa shape index (κ3) is 1.92. The van der Waals surface area contributed by atoms with Gasteiger partial charge in [-0.3, -0.25) is 4.90 Å². The molecular weight excluding hydrogens is 192 g/mol. The Hall–Kier alpha value is -1.24. The molecule has 1 N–H and O–H groups in total. The number of amides is 1. The molecule has 70 valence electrons. The molecule has 0 aliphatic carbocycles. The first-order chi connectivity index (χ1) is 6.36. The van der Waals surface area contributed by atoms with Crippen LogP contribution >= 0.6 is 11.8 Å². The SMILES string of the molecule is O=C1OCCN1CSc1cn[nH]n1. The van der Waals surface area contributed by atoms with E-state index in [1.165, 1.54) is 11.8 Å². The van der Waals surface area contributed by atoms with E-state index in [1.54, 1.807) is 11.1 Å². The predicted octanol–water partition coefficient (Wildman–Crippen LogP) is 0.306. The molecule has 6 nitrogen and oxygen atoms in total. The largest absolute Gasteiger partial charge is 0.448 e. The molecule has 2 heterocycles. The summed E-state index contributed by atoms with van der Waals surface area (Å²) in [5.74, 6) is 0.561. The third-order valence-electron chi connectivity index (χ3n) is 1.61. The number of nitrogens with one attached hydrogen (secondary N) is 1. The Bertz CT molecular complexity index is 289. The number of aromatic amines is 1. The lowest BCUT2D eigenvalue weighted by Gasteiger charge is -2.09. The summed E-state index contributed by atoms with van der Waals surface area (Å²) in [5.41, 5.74) is 0. The van der Waals surface area contributed by atoms with Gasteiger partial charge in [-0.2, -0.15) is 10.3 Å². The van der Waals surface area contributed by atoms with Crippen molar-refractivity contribution in [3.63, 3.8) is 0 Å². The van der Waals surface area contributed by atoms with Gasteiger partial charge in [-0.15, -0.1) is 5.10 Å². The van der Waals surface area contributed by atoms with Crippen LogP contribution in [0.2, 0.25) is 0 Å². The van der Waals surface area contributed by atoms with Crippen LogP contribution in [0.25, 0.3) is 0 Å². The van der Waals surface area contributed by atoms with Crippen LogP contribution in [0.15, 0.2) is 11.2 Å². The molecule has 0 saturated carbocycles. The van der Waals surface area contributed by atoms with Crippen LogP contribution in [-0.2, 0) is 4.74 Å². The van der Waals surface area contributed by atoms with E-state index in [9.17, 15) is 4.79 Å². The molecule has 13 heavy (non-hydrogen) atoms. The maximum absolute atomic E-state index is 11.0. The first-order valence-corrected chi connectivity index (χ1v) is 4.75. The number of aromatic nitrogens is 3. The molecule has 0 radical (unpaired) electrons. The Kier molecular flexibility index (Phi) is 2.35. The zero-order valence-corrected chi connectivity index (χ0v) is 7.58. The van der Waals surface area contributed by atoms with Crippen LogP contribution in [-0.4, -0.2) is 45.4 Å². The summed E-state index contributed by atoms with van der Waals surface area (Å²) >= 11 is 1.45. The molecule has 1 aliphatic heterocycles. The second-order valence-electron chi connectivity index (χ2n) is 2.46.